The molecule has 0 aliphatic carbocycles. The van der Waals surface area contributed by atoms with E-state index in [9.17, 15) is 0 Å². The third-order valence-corrected chi connectivity index (χ3v) is 5.70. The normalized spacial score (nSPS) is 14.4. The van der Waals surface area contributed by atoms with Crippen molar-refractivity contribution in [3.8, 4) is 5.75 Å². The lowest BCUT2D eigenvalue weighted by atomic mass is 9.99. The number of ether oxygens (including phenoxy) is 1. The van der Waals surface area contributed by atoms with Crippen LogP contribution in [0.4, 0.5) is 0 Å². The summed E-state index contributed by atoms with van der Waals surface area (Å²) in [6.07, 6.45) is 3.27. The van der Waals surface area contributed by atoms with Crippen molar-refractivity contribution >= 4 is 46.8 Å². The van der Waals surface area contributed by atoms with Gasteiger partial charge in [0.05, 0.1) is 19.3 Å². The molecule has 0 unspecified atom stereocenters. The second kappa shape index (κ2) is 10.1. The highest BCUT2D eigenvalue weighted by Crippen LogP contribution is 2.25. The fraction of sp³-hybridized carbons (Fsp3) is 0.400. The predicted molar refractivity (Wildman–Crippen MR) is 124 cm³/mol. The van der Waals surface area contributed by atoms with Crippen LogP contribution in [0, 0.1) is 13.8 Å². The van der Waals surface area contributed by atoms with E-state index in [2.05, 4.69) is 52.2 Å². The average molecular weight is 498 g/mol. The fourth-order valence-corrected chi connectivity index (χ4v) is 3.92. The van der Waals surface area contributed by atoms with Crippen LogP contribution in [-0.4, -0.2) is 43.1 Å². The molecule has 27 heavy (non-hydrogen) atoms. The molecule has 1 aliphatic heterocycles. The quantitative estimate of drug-likeness (QED) is 0.389. The highest BCUT2D eigenvalue weighted by molar-refractivity contribution is 14.0. The predicted octanol–water partition coefficient (Wildman–Crippen LogP) is 4.25. The molecule has 1 aliphatic rings. The Morgan fingerprint density at radius 1 is 1.37 bits per heavy atom. The highest BCUT2D eigenvalue weighted by Gasteiger charge is 2.17. The molecule has 0 radical (unpaired) electrons. The molecule has 0 saturated heterocycles. The van der Waals surface area contributed by atoms with Gasteiger partial charge in [0.25, 0.3) is 0 Å². The second-order valence-electron chi connectivity index (χ2n) is 6.31. The van der Waals surface area contributed by atoms with Crippen LogP contribution in [0.2, 0.25) is 0 Å². The molecular formula is C20H27IN4OS. The summed E-state index contributed by atoms with van der Waals surface area (Å²) in [4.78, 5) is 12.6. The lowest BCUT2D eigenvalue weighted by molar-refractivity contribution is 0.414. The molecule has 1 aromatic carbocycles. The highest BCUT2D eigenvalue weighted by atomic mass is 127. The van der Waals surface area contributed by atoms with E-state index >= 15 is 0 Å². The Balaban J connectivity index is 0.00000261. The maximum absolute atomic E-state index is 5.33. The zero-order valence-corrected chi connectivity index (χ0v) is 19.4. The summed E-state index contributed by atoms with van der Waals surface area (Å²) >= 11 is 1.74. The van der Waals surface area contributed by atoms with Crippen molar-refractivity contribution in [2.75, 3.05) is 27.2 Å². The number of halogens is 1. The molecule has 3 rings (SSSR count). The first kappa shape index (κ1) is 21.7. The van der Waals surface area contributed by atoms with Gasteiger partial charge in [0.1, 0.15) is 10.8 Å². The zero-order valence-electron chi connectivity index (χ0n) is 16.3. The van der Waals surface area contributed by atoms with Gasteiger partial charge in [-0.05, 0) is 43.5 Å². The number of methoxy groups -OCH3 is 1. The molecule has 5 nitrogen and oxygen atoms in total. The van der Waals surface area contributed by atoms with Crippen LogP contribution < -0.4 is 10.1 Å². The topological polar surface area (TPSA) is 49.8 Å². The zero-order chi connectivity index (χ0) is 18.5. The van der Waals surface area contributed by atoms with Crippen molar-refractivity contribution in [2.24, 2.45) is 4.99 Å². The largest absolute Gasteiger partial charge is 0.497 e. The van der Waals surface area contributed by atoms with Crippen molar-refractivity contribution in [1.82, 2.24) is 15.2 Å². The number of nitrogens with zero attached hydrogens (tertiary/aromatic N) is 3. The van der Waals surface area contributed by atoms with Crippen LogP contribution in [0.25, 0.3) is 5.57 Å². The van der Waals surface area contributed by atoms with Gasteiger partial charge in [-0.1, -0.05) is 18.2 Å². The number of hydrogen-bond donors (Lipinski definition) is 1. The van der Waals surface area contributed by atoms with Gasteiger partial charge in [-0.3, -0.25) is 4.99 Å². The molecule has 2 heterocycles. The Bertz CT molecular complexity index is 812. The van der Waals surface area contributed by atoms with Gasteiger partial charge >= 0.3 is 0 Å². The van der Waals surface area contributed by atoms with Crippen LogP contribution in [0.15, 0.2) is 35.3 Å². The molecule has 0 amide bonds. The van der Waals surface area contributed by atoms with E-state index in [0.29, 0.717) is 0 Å². The van der Waals surface area contributed by atoms with Crippen LogP contribution in [0.1, 0.15) is 27.6 Å². The number of thiazole rings is 1. The van der Waals surface area contributed by atoms with Crippen LogP contribution in [-0.2, 0) is 6.54 Å². The Kier molecular flexibility index (Phi) is 8.09. The maximum Gasteiger partial charge on any atom is 0.194 e. The summed E-state index contributed by atoms with van der Waals surface area (Å²) in [5.74, 6) is 1.83. The number of benzene rings is 1. The molecule has 0 bridgehead atoms. The SMILES string of the molecule is CN=C(NCc1nc(C)c(C)s1)N1CC=C(c2cccc(OC)c2)CC1.I. The van der Waals surface area contributed by atoms with Gasteiger partial charge in [-0.15, -0.1) is 35.3 Å². The molecule has 0 saturated carbocycles. The molecule has 0 fully saturated rings. The minimum absolute atomic E-state index is 0. The monoisotopic (exact) mass is 498 g/mol. The number of aromatic nitrogens is 1. The van der Waals surface area contributed by atoms with E-state index in [0.717, 1.165) is 48.5 Å². The van der Waals surface area contributed by atoms with E-state index in [-0.39, 0.29) is 24.0 Å². The second-order valence-corrected chi connectivity index (χ2v) is 7.60. The average Bonchev–Trinajstić information content (AvgIpc) is 3.00. The molecular weight excluding hydrogens is 471 g/mol. The van der Waals surface area contributed by atoms with Gasteiger partial charge < -0.3 is 15.0 Å². The summed E-state index contributed by atoms with van der Waals surface area (Å²) in [5, 5.41) is 4.55. The number of aryl methyl sites for hydroxylation is 2. The molecule has 1 aromatic heterocycles. The van der Waals surface area contributed by atoms with Gasteiger partial charge in [0.15, 0.2) is 5.96 Å². The van der Waals surface area contributed by atoms with Crippen molar-refractivity contribution in [2.45, 2.75) is 26.8 Å². The molecule has 7 heteroatoms. The Labute approximate surface area is 182 Å². The molecule has 1 N–H and O–H groups in total. The Morgan fingerprint density at radius 3 is 2.78 bits per heavy atom. The fourth-order valence-electron chi connectivity index (χ4n) is 3.05. The third-order valence-electron chi connectivity index (χ3n) is 4.63. The minimum Gasteiger partial charge on any atom is -0.497 e. The lowest BCUT2D eigenvalue weighted by Crippen LogP contribution is -2.43. The number of rotatable bonds is 4. The van der Waals surface area contributed by atoms with Gasteiger partial charge in [-0.25, -0.2) is 4.98 Å². The third kappa shape index (κ3) is 5.44. The Morgan fingerprint density at radius 2 is 2.19 bits per heavy atom. The van der Waals surface area contributed by atoms with E-state index in [1.807, 2.05) is 19.2 Å². The first-order valence-corrected chi connectivity index (χ1v) is 9.64. The molecule has 0 spiro atoms. The summed E-state index contributed by atoms with van der Waals surface area (Å²) in [6.45, 7) is 6.68. The molecule has 0 atom stereocenters. The smallest absolute Gasteiger partial charge is 0.194 e. The first-order chi connectivity index (χ1) is 12.6. The van der Waals surface area contributed by atoms with Crippen LogP contribution in [0.5, 0.6) is 5.75 Å². The molecule has 146 valence electrons. The van der Waals surface area contributed by atoms with Crippen molar-refractivity contribution in [3.05, 3.63) is 51.5 Å². The van der Waals surface area contributed by atoms with Crippen LogP contribution >= 0.6 is 35.3 Å². The van der Waals surface area contributed by atoms with Gasteiger partial charge in [0, 0.05) is 25.0 Å². The van der Waals surface area contributed by atoms with E-state index in [4.69, 9.17) is 4.74 Å². The first-order valence-electron chi connectivity index (χ1n) is 8.82. The summed E-state index contributed by atoms with van der Waals surface area (Å²) in [5.41, 5.74) is 3.72. The minimum atomic E-state index is 0. The van der Waals surface area contributed by atoms with Crippen LogP contribution in [0.3, 0.4) is 0 Å². The van der Waals surface area contributed by atoms with E-state index in [1.165, 1.54) is 16.0 Å². The summed E-state index contributed by atoms with van der Waals surface area (Å²) < 4.78 is 5.33. The van der Waals surface area contributed by atoms with E-state index < -0.39 is 0 Å². The number of nitrogens with one attached hydrogen (secondary N) is 1. The van der Waals surface area contributed by atoms with Crippen molar-refractivity contribution in [3.63, 3.8) is 0 Å². The van der Waals surface area contributed by atoms with Crippen molar-refractivity contribution in [1.29, 1.82) is 0 Å². The number of guanidine groups is 1. The molecule has 2 aromatic rings. The Hall–Kier alpha value is -1.61. The van der Waals surface area contributed by atoms with Crippen molar-refractivity contribution < 1.29 is 4.74 Å². The van der Waals surface area contributed by atoms with E-state index in [1.54, 1.807) is 18.4 Å². The summed E-state index contributed by atoms with van der Waals surface area (Å²) in [6, 6.07) is 8.26. The van der Waals surface area contributed by atoms with Gasteiger partial charge in [-0.2, -0.15) is 0 Å². The standard InChI is InChI=1S/C20H26N4OS.HI/c1-14-15(2)26-19(23-14)13-22-20(21-3)24-10-8-16(9-11-24)17-6-5-7-18(12-17)25-4;/h5-8,12H,9-11,13H2,1-4H3,(H,21,22);1H. The van der Waals surface area contributed by atoms with Gasteiger partial charge in [0.2, 0.25) is 0 Å². The summed E-state index contributed by atoms with van der Waals surface area (Å²) in [7, 11) is 3.54. The maximum atomic E-state index is 5.33. The lowest BCUT2D eigenvalue weighted by Gasteiger charge is -2.29. The number of aliphatic imine (C=N–C) groups is 1. The number of hydrogen-bond acceptors (Lipinski definition) is 4.